The fraction of sp³-hybridized carbons (Fsp3) is 0.300. The Hall–Kier alpha value is -3.02. The van der Waals surface area contributed by atoms with Gasteiger partial charge in [0.15, 0.2) is 6.61 Å². The summed E-state index contributed by atoms with van der Waals surface area (Å²) >= 11 is 0. The van der Waals surface area contributed by atoms with Gasteiger partial charge in [-0.1, -0.05) is 12.1 Å². The van der Waals surface area contributed by atoms with Gasteiger partial charge in [-0.2, -0.15) is 0 Å². The highest BCUT2D eigenvalue weighted by molar-refractivity contribution is 5.94. The van der Waals surface area contributed by atoms with Crippen LogP contribution in [0.5, 0.6) is 11.5 Å². The normalized spacial score (nSPS) is 10.3. The summed E-state index contributed by atoms with van der Waals surface area (Å²) in [6.45, 7) is 3.96. The Labute approximate surface area is 152 Å². The van der Waals surface area contributed by atoms with E-state index in [1.54, 1.807) is 19.2 Å². The van der Waals surface area contributed by atoms with Gasteiger partial charge in [0.2, 0.25) is 0 Å². The van der Waals surface area contributed by atoms with Gasteiger partial charge in [0, 0.05) is 12.1 Å². The number of carbonyl (C=O) groups is 2. The molecular formula is C20H23NO5. The topological polar surface area (TPSA) is 84.9 Å². The van der Waals surface area contributed by atoms with Crippen LogP contribution in [-0.4, -0.2) is 37.2 Å². The van der Waals surface area contributed by atoms with Crippen LogP contribution in [0.25, 0.3) is 0 Å². The molecule has 0 atom stereocenters. The van der Waals surface area contributed by atoms with Gasteiger partial charge in [-0.05, 0) is 61.2 Å². The molecule has 0 aliphatic rings. The summed E-state index contributed by atoms with van der Waals surface area (Å²) in [4.78, 5) is 22.8. The minimum absolute atomic E-state index is 0.125. The Kier molecular flexibility index (Phi) is 6.60. The molecule has 0 radical (unpaired) electrons. The number of carbonyl (C=O) groups excluding carboxylic acids is 1. The van der Waals surface area contributed by atoms with Crippen molar-refractivity contribution in [3.8, 4) is 11.5 Å². The van der Waals surface area contributed by atoms with Crippen molar-refractivity contribution < 1.29 is 24.2 Å². The highest BCUT2D eigenvalue weighted by Crippen LogP contribution is 2.24. The molecule has 0 fully saturated rings. The molecular weight excluding hydrogens is 334 g/mol. The molecule has 2 aromatic rings. The summed E-state index contributed by atoms with van der Waals surface area (Å²) in [6, 6.07) is 10.8. The molecule has 0 spiro atoms. The molecule has 2 aromatic carbocycles. The van der Waals surface area contributed by atoms with Crippen LogP contribution in [0.15, 0.2) is 36.4 Å². The third kappa shape index (κ3) is 5.24. The van der Waals surface area contributed by atoms with Crippen molar-refractivity contribution in [2.45, 2.75) is 20.3 Å². The summed E-state index contributed by atoms with van der Waals surface area (Å²) in [5, 5.41) is 11.5. The Balaban J connectivity index is 1.87. The number of methoxy groups -OCH3 is 1. The van der Waals surface area contributed by atoms with Crippen LogP contribution in [0, 0.1) is 13.8 Å². The first kappa shape index (κ1) is 19.3. The van der Waals surface area contributed by atoms with Crippen LogP contribution in [0.1, 0.15) is 27.0 Å². The lowest BCUT2D eigenvalue weighted by atomic mass is 10.0. The first-order valence-electron chi connectivity index (χ1n) is 8.27. The SMILES string of the molecule is COc1c(C)cc(C(=O)NCCc2ccc(OCC(=O)O)cc2)cc1C. The van der Waals surface area contributed by atoms with Crippen LogP contribution in [0.2, 0.25) is 0 Å². The molecule has 26 heavy (non-hydrogen) atoms. The molecule has 0 saturated carbocycles. The zero-order valence-corrected chi connectivity index (χ0v) is 15.2. The smallest absolute Gasteiger partial charge is 0.341 e. The number of amides is 1. The summed E-state index contributed by atoms with van der Waals surface area (Å²) in [5.41, 5.74) is 3.48. The van der Waals surface area contributed by atoms with E-state index in [9.17, 15) is 9.59 Å². The molecule has 138 valence electrons. The Morgan fingerprint density at radius 3 is 2.23 bits per heavy atom. The minimum atomic E-state index is -1.01. The number of rotatable bonds is 8. The second-order valence-corrected chi connectivity index (χ2v) is 5.98. The average molecular weight is 357 g/mol. The third-order valence-electron chi connectivity index (χ3n) is 3.91. The Morgan fingerprint density at radius 2 is 1.69 bits per heavy atom. The first-order valence-corrected chi connectivity index (χ1v) is 8.27. The zero-order chi connectivity index (χ0) is 19.1. The maximum Gasteiger partial charge on any atom is 0.341 e. The van der Waals surface area contributed by atoms with Crippen LogP contribution in [0.4, 0.5) is 0 Å². The molecule has 2 N–H and O–H groups in total. The van der Waals surface area contributed by atoms with E-state index in [4.69, 9.17) is 14.6 Å². The monoisotopic (exact) mass is 357 g/mol. The van der Waals surface area contributed by atoms with Gasteiger partial charge in [0.1, 0.15) is 11.5 Å². The van der Waals surface area contributed by atoms with E-state index in [1.165, 1.54) is 0 Å². The molecule has 0 aliphatic carbocycles. The van der Waals surface area contributed by atoms with Gasteiger partial charge >= 0.3 is 5.97 Å². The quantitative estimate of drug-likeness (QED) is 0.759. The second-order valence-electron chi connectivity index (χ2n) is 5.98. The van der Waals surface area contributed by atoms with Crippen LogP contribution < -0.4 is 14.8 Å². The van der Waals surface area contributed by atoms with Crippen molar-refractivity contribution in [3.05, 3.63) is 58.7 Å². The molecule has 0 saturated heterocycles. The standard InChI is InChI=1S/C20H23NO5/c1-13-10-16(11-14(2)19(13)25-3)20(24)21-9-8-15-4-6-17(7-5-15)26-12-18(22)23/h4-7,10-11H,8-9,12H2,1-3H3,(H,21,24)(H,22,23). The van der Waals surface area contributed by atoms with Gasteiger partial charge < -0.3 is 19.9 Å². The average Bonchev–Trinajstić information content (AvgIpc) is 2.60. The van der Waals surface area contributed by atoms with Crippen LogP contribution in [-0.2, 0) is 11.2 Å². The van der Waals surface area contributed by atoms with E-state index in [1.807, 2.05) is 38.1 Å². The predicted octanol–water partition coefficient (Wildman–Crippen LogP) is 2.75. The summed E-state index contributed by atoms with van der Waals surface area (Å²) < 4.78 is 10.4. The minimum Gasteiger partial charge on any atom is -0.496 e. The van der Waals surface area contributed by atoms with Gasteiger partial charge in [0.25, 0.3) is 5.91 Å². The molecule has 6 heteroatoms. The lowest BCUT2D eigenvalue weighted by molar-refractivity contribution is -0.139. The third-order valence-corrected chi connectivity index (χ3v) is 3.91. The highest BCUT2D eigenvalue weighted by Gasteiger charge is 2.11. The van der Waals surface area contributed by atoms with Crippen molar-refractivity contribution in [2.24, 2.45) is 0 Å². The number of hydrogen-bond acceptors (Lipinski definition) is 4. The number of carboxylic acid groups (broad SMARTS) is 1. The molecule has 0 aliphatic heterocycles. The van der Waals surface area contributed by atoms with Crippen molar-refractivity contribution >= 4 is 11.9 Å². The maximum atomic E-state index is 12.3. The van der Waals surface area contributed by atoms with Crippen LogP contribution in [0.3, 0.4) is 0 Å². The lowest BCUT2D eigenvalue weighted by Gasteiger charge is -2.11. The van der Waals surface area contributed by atoms with E-state index in [-0.39, 0.29) is 12.5 Å². The number of aliphatic carboxylic acids is 1. The van der Waals surface area contributed by atoms with Crippen LogP contribution >= 0.6 is 0 Å². The molecule has 6 nitrogen and oxygen atoms in total. The van der Waals surface area contributed by atoms with E-state index in [0.717, 1.165) is 22.4 Å². The Morgan fingerprint density at radius 1 is 1.08 bits per heavy atom. The molecule has 0 bridgehead atoms. The van der Waals surface area contributed by atoms with Gasteiger partial charge in [-0.25, -0.2) is 4.79 Å². The Bertz CT molecular complexity index is 760. The van der Waals surface area contributed by atoms with Crippen molar-refractivity contribution in [2.75, 3.05) is 20.3 Å². The van der Waals surface area contributed by atoms with Gasteiger partial charge in [-0.15, -0.1) is 0 Å². The zero-order valence-electron chi connectivity index (χ0n) is 15.2. The number of ether oxygens (including phenoxy) is 2. The maximum absolute atomic E-state index is 12.3. The van der Waals surface area contributed by atoms with Crippen molar-refractivity contribution in [1.82, 2.24) is 5.32 Å². The fourth-order valence-electron chi connectivity index (χ4n) is 2.72. The van der Waals surface area contributed by atoms with E-state index in [0.29, 0.717) is 24.3 Å². The second kappa shape index (κ2) is 8.89. The molecule has 0 unspecified atom stereocenters. The van der Waals surface area contributed by atoms with E-state index in [2.05, 4.69) is 5.32 Å². The first-order chi connectivity index (χ1) is 12.4. The molecule has 2 rings (SSSR count). The summed E-state index contributed by atoms with van der Waals surface area (Å²) in [7, 11) is 1.62. The number of aryl methyl sites for hydroxylation is 2. The number of benzene rings is 2. The predicted molar refractivity (Wildman–Crippen MR) is 98.1 cm³/mol. The van der Waals surface area contributed by atoms with E-state index >= 15 is 0 Å². The number of nitrogens with one attached hydrogen (secondary N) is 1. The number of hydrogen-bond donors (Lipinski definition) is 2. The van der Waals surface area contributed by atoms with Gasteiger partial charge in [-0.3, -0.25) is 4.79 Å². The van der Waals surface area contributed by atoms with Crippen molar-refractivity contribution in [3.63, 3.8) is 0 Å². The lowest BCUT2D eigenvalue weighted by Crippen LogP contribution is -2.25. The van der Waals surface area contributed by atoms with Gasteiger partial charge in [0.05, 0.1) is 7.11 Å². The van der Waals surface area contributed by atoms with E-state index < -0.39 is 5.97 Å². The highest BCUT2D eigenvalue weighted by atomic mass is 16.5. The fourth-order valence-corrected chi connectivity index (χ4v) is 2.72. The summed E-state index contributed by atoms with van der Waals surface area (Å²) in [5.74, 6) is 0.164. The number of carboxylic acids is 1. The largest absolute Gasteiger partial charge is 0.496 e. The van der Waals surface area contributed by atoms with Crippen molar-refractivity contribution in [1.29, 1.82) is 0 Å². The molecule has 0 aromatic heterocycles. The summed E-state index contributed by atoms with van der Waals surface area (Å²) in [6.07, 6.45) is 0.666. The molecule has 0 heterocycles. The molecule has 1 amide bonds.